The highest BCUT2D eigenvalue weighted by atomic mass is 32.2. The third-order valence-electron chi connectivity index (χ3n) is 4.25. The smallest absolute Gasteiger partial charge is 0.251 e. The maximum Gasteiger partial charge on any atom is 0.251 e. The normalized spacial score (nSPS) is 10.7. The van der Waals surface area contributed by atoms with Crippen molar-refractivity contribution in [2.75, 3.05) is 12.8 Å². The molecule has 4 nitrogen and oxygen atoms in total. The number of benzene rings is 2. The molecule has 134 valence electrons. The third kappa shape index (κ3) is 4.17. The van der Waals surface area contributed by atoms with Crippen LogP contribution < -0.4 is 5.32 Å². The molecule has 0 spiro atoms. The maximum atomic E-state index is 12.5. The van der Waals surface area contributed by atoms with Crippen LogP contribution in [0.15, 0.2) is 57.8 Å². The number of hydrogen-bond donors (Lipinski definition) is 1. The second kappa shape index (κ2) is 8.23. The van der Waals surface area contributed by atoms with Crippen LogP contribution in [-0.4, -0.2) is 23.7 Å². The monoisotopic (exact) mass is 366 g/mol. The molecule has 26 heavy (non-hydrogen) atoms. The van der Waals surface area contributed by atoms with Crippen LogP contribution in [0, 0.1) is 13.8 Å². The number of carbonyl (C=O) groups excluding carboxylic acids is 1. The van der Waals surface area contributed by atoms with Gasteiger partial charge in [0.2, 0.25) is 5.89 Å². The fourth-order valence-electron chi connectivity index (χ4n) is 2.73. The zero-order valence-corrected chi connectivity index (χ0v) is 16.0. The number of aromatic nitrogens is 1. The Morgan fingerprint density at radius 2 is 1.92 bits per heavy atom. The fourth-order valence-corrected chi connectivity index (χ4v) is 3.17. The fraction of sp³-hybridized carbons (Fsp3) is 0.238. The van der Waals surface area contributed by atoms with Gasteiger partial charge in [0.15, 0.2) is 0 Å². The minimum absolute atomic E-state index is 0.0529. The molecule has 0 fully saturated rings. The van der Waals surface area contributed by atoms with E-state index in [0.29, 0.717) is 18.9 Å². The molecule has 0 unspecified atom stereocenters. The molecule has 3 aromatic rings. The average Bonchev–Trinajstić information content (AvgIpc) is 3.03. The summed E-state index contributed by atoms with van der Waals surface area (Å²) in [4.78, 5) is 18.1. The Labute approximate surface area is 158 Å². The lowest BCUT2D eigenvalue weighted by atomic mass is 10.1. The lowest BCUT2D eigenvalue weighted by molar-refractivity contribution is 0.0953. The number of oxazole rings is 1. The summed E-state index contributed by atoms with van der Waals surface area (Å²) in [5.41, 5.74) is 3.53. The number of thioether (sulfide) groups is 1. The van der Waals surface area contributed by atoms with E-state index in [1.54, 1.807) is 11.8 Å². The van der Waals surface area contributed by atoms with Gasteiger partial charge in [-0.05, 0) is 49.9 Å². The van der Waals surface area contributed by atoms with Crippen molar-refractivity contribution < 1.29 is 9.21 Å². The van der Waals surface area contributed by atoms with E-state index < -0.39 is 0 Å². The molecule has 0 aliphatic carbocycles. The number of nitrogens with zero attached hydrogens (tertiary/aromatic N) is 1. The van der Waals surface area contributed by atoms with Crippen molar-refractivity contribution in [2.24, 2.45) is 0 Å². The molecule has 1 N–H and O–H groups in total. The van der Waals surface area contributed by atoms with Crippen molar-refractivity contribution in [3.63, 3.8) is 0 Å². The summed E-state index contributed by atoms with van der Waals surface area (Å²) < 4.78 is 5.77. The Hall–Kier alpha value is -2.53. The molecule has 0 radical (unpaired) electrons. The highest BCUT2D eigenvalue weighted by Crippen LogP contribution is 2.22. The van der Waals surface area contributed by atoms with E-state index in [1.165, 1.54) is 0 Å². The predicted octanol–water partition coefficient (Wildman–Crippen LogP) is 4.65. The summed E-state index contributed by atoms with van der Waals surface area (Å²) in [6.07, 6.45) is 2.64. The Balaban J connectivity index is 1.63. The first-order valence-electron chi connectivity index (χ1n) is 8.53. The zero-order valence-electron chi connectivity index (χ0n) is 15.2. The highest BCUT2D eigenvalue weighted by Gasteiger charge is 2.13. The molecule has 0 aliphatic heterocycles. The molecular formula is C21H22N2O2S. The number of aryl methyl sites for hydroxylation is 2. The summed E-state index contributed by atoms with van der Waals surface area (Å²) in [6.45, 7) is 4.37. The van der Waals surface area contributed by atoms with Crippen LogP contribution in [0.2, 0.25) is 0 Å². The number of nitrogens with one attached hydrogen (secondary N) is 1. The standard InChI is InChI=1S/C21H22N2O2S/c1-14-9-10-17(26-3)13-18(14)20(24)22-12-11-19-15(2)25-21(23-19)16-7-5-4-6-8-16/h4-10,13H,11-12H2,1-3H3,(H,22,24). The maximum absolute atomic E-state index is 12.5. The van der Waals surface area contributed by atoms with E-state index in [1.807, 2.05) is 68.6 Å². The van der Waals surface area contributed by atoms with E-state index in [9.17, 15) is 4.79 Å². The average molecular weight is 366 g/mol. The first-order valence-corrected chi connectivity index (χ1v) is 9.75. The van der Waals surface area contributed by atoms with Gasteiger partial charge in [0, 0.05) is 29.0 Å². The molecule has 2 aromatic carbocycles. The van der Waals surface area contributed by atoms with Crippen LogP contribution >= 0.6 is 11.8 Å². The summed E-state index contributed by atoms with van der Waals surface area (Å²) >= 11 is 1.63. The summed E-state index contributed by atoms with van der Waals surface area (Å²) in [5, 5.41) is 2.99. The van der Waals surface area contributed by atoms with Gasteiger partial charge in [-0.2, -0.15) is 0 Å². The quantitative estimate of drug-likeness (QED) is 0.645. The van der Waals surface area contributed by atoms with E-state index in [-0.39, 0.29) is 5.91 Å². The van der Waals surface area contributed by atoms with Gasteiger partial charge in [-0.25, -0.2) is 4.98 Å². The van der Waals surface area contributed by atoms with E-state index in [4.69, 9.17) is 4.42 Å². The van der Waals surface area contributed by atoms with Crippen LogP contribution in [-0.2, 0) is 6.42 Å². The number of rotatable bonds is 6. The highest BCUT2D eigenvalue weighted by molar-refractivity contribution is 7.98. The molecule has 3 rings (SSSR count). The second-order valence-electron chi connectivity index (χ2n) is 6.07. The van der Waals surface area contributed by atoms with Gasteiger partial charge in [0.25, 0.3) is 5.91 Å². The molecule has 0 bridgehead atoms. The van der Waals surface area contributed by atoms with Gasteiger partial charge >= 0.3 is 0 Å². The van der Waals surface area contributed by atoms with E-state index in [2.05, 4.69) is 10.3 Å². The molecule has 0 saturated carbocycles. The van der Waals surface area contributed by atoms with Gasteiger partial charge in [-0.1, -0.05) is 24.3 Å². The van der Waals surface area contributed by atoms with Crippen LogP contribution in [0.3, 0.4) is 0 Å². The lowest BCUT2D eigenvalue weighted by Crippen LogP contribution is -2.26. The van der Waals surface area contributed by atoms with Crippen molar-refractivity contribution in [2.45, 2.75) is 25.2 Å². The van der Waals surface area contributed by atoms with Gasteiger partial charge in [-0.15, -0.1) is 11.8 Å². The van der Waals surface area contributed by atoms with Crippen LogP contribution in [0.5, 0.6) is 0 Å². The second-order valence-corrected chi connectivity index (χ2v) is 6.95. The molecular weight excluding hydrogens is 344 g/mol. The predicted molar refractivity (Wildman–Crippen MR) is 106 cm³/mol. The van der Waals surface area contributed by atoms with Gasteiger partial charge in [-0.3, -0.25) is 4.79 Å². The number of carbonyl (C=O) groups is 1. The Bertz CT molecular complexity index is 904. The van der Waals surface area contributed by atoms with Gasteiger partial charge < -0.3 is 9.73 Å². The third-order valence-corrected chi connectivity index (χ3v) is 4.98. The number of amides is 1. The summed E-state index contributed by atoms with van der Waals surface area (Å²) in [7, 11) is 0. The first-order chi connectivity index (χ1) is 12.6. The van der Waals surface area contributed by atoms with Crippen LogP contribution in [0.4, 0.5) is 0 Å². The van der Waals surface area contributed by atoms with Crippen molar-refractivity contribution in [1.82, 2.24) is 10.3 Å². The van der Waals surface area contributed by atoms with Gasteiger partial charge in [0.1, 0.15) is 5.76 Å². The molecule has 1 amide bonds. The van der Waals surface area contributed by atoms with Crippen molar-refractivity contribution >= 4 is 17.7 Å². The Kier molecular flexibility index (Phi) is 5.78. The first kappa shape index (κ1) is 18.3. The lowest BCUT2D eigenvalue weighted by Gasteiger charge is -2.08. The molecule has 0 saturated heterocycles. The van der Waals surface area contributed by atoms with E-state index >= 15 is 0 Å². The van der Waals surface area contributed by atoms with Gasteiger partial charge in [0.05, 0.1) is 5.69 Å². The van der Waals surface area contributed by atoms with Crippen molar-refractivity contribution in [3.05, 3.63) is 71.1 Å². The summed E-state index contributed by atoms with van der Waals surface area (Å²) in [6, 6.07) is 15.8. The minimum Gasteiger partial charge on any atom is -0.441 e. The SMILES string of the molecule is CSc1ccc(C)c(C(=O)NCCc2nc(-c3ccccc3)oc2C)c1. The van der Waals surface area contributed by atoms with Crippen LogP contribution in [0.25, 0.3) is 11.5 Å². The zero-order chi connectivity index (χ0) is 18.5. The van der Waals surface area contributed by atoms with Crippen LogP contribution in [0.1, 0.15) is 27.4 Å². The van der Waals surface area contributed by atoms with Crippen molar-refractivity contribution in [1.29, 1.82) is 0 Å². The number of hydrogen-bond acceptors (Lipinski definition) is 4. The molecule has 0 aliphatic rings. The minimum atomic E-state index is -0.0529. The molecule has 5 heteroatoms. The topological polar surface area (TPSA) is 55.1 Å². The molecule has 0 atom stereocenters. The largest absolute Gasteiger partial charge is 0.441 e. The van der Waals surface area contributed by atoms with Crippen molar-refractivity contribution in [3.8, 4) is 11.5 Å². The Morgan fingerprint density at radius 1 is 1.15 bits per heavy atom. The molecule has 1 heterocycles. The molecule has 1 aromatic heterocycles. The summed E-state index contributed by atoms with van der Waals surface area (Å²) in [5.74, 6) is 1.36. The van der Waals surface area contributed by atoms with E-state index in [0.717, 1.165) is 33.0 Å². The Morgan fingerprint density at radius 3 is 2.65 bits per heavy atom.